The zero-order valence-electron chi connectivity index (χ0n) is 15.3. The van der Waals surface area contributed by atoms with Crippen LogP contribution >= 0.6 is 0 Å². The van der Waals surface area contributed by atoms with E-state index in [1.807, 2.05) is 41.4 Å². The average molecular weight is 363 g/mol. The van der Waals surface area contributed by atoms with Gasteiger partial charge in [-0.25, -0.2) is 0 Å². The fraction of sp³-hybridized carbons (Fsp3) is 0.364. The number of carbonyl (C=O) groups is 1. The molecule has 5 heteroatoms. The maximum absolute atomic E-state index is 12.6. The van der Waals surface area contributed by atoms with Crippen molar-refractivity contribution in [3.05, 3.63) is 66.1 Å². The van der Waals surface area contributed by atoms with Gasteiger partial charge in [-0.1, -0.05) is 24.3 Å². The Morgan fingerprint density at radius 3 is 2.74 bits per heavy atom. The van der Waals surface area contributed by atoms with Crippen molar-refractivity contribution < 1.29 is 9.90 Å². The molecule has 1 aliphatic heterocycles. The Morgan fingerprint density at radius 2 is 1.96 bits per heavy atom. The lowest BCUT2D eigenvalue weighted by Gasteiger charge is -2.34. The summed E-state index contributed by atoms with van der Waals surface area (Å²) in [5, 5.41) is 11.7. The van der Waals surface area contributed by atoms with E-state index >= 15 is 0 Å². The molecule has 140 valence electrons. The highest BCUT2D eigenvalue weighted by molar-refractivity contribution is 5.84. The van der Waals surface area contributed by atoms with Gasteiger partial charge in [0.25, 0.3) is 0 Å². The molecule has 0 spiro atoms. The number of amides is 1. The molecule has 27 heavy (non-hydrogen) atoms. The van der Waals surface area contributed by atoms with Gasteiger partial charge in [-0.15, -0.1) is 0 Å². The van der Waals surface area contributed by atoms with Crippen LogP contribution in [0.4, 0.5) is 0 Å². The molecule has 1 aliphatic rings. The number of fused-ring (bicyclic) bond motifs is 1. The Bertz CT molecular complexity index is 898. The molecular formula is C22H25N3O2. The van der Waals surface area contributed by atoms with Gasteiger partial charge in [-0.3, -0.25) is 9.78 Å². The largest absolute Gasteiger partial charge is 0.387 e. The number of piperidine rings is 1. The third-order valence-electron chi connectivity index (χ3n) is 5.61. The van der Waals surface area contributed by atoms with Crippen molar-refractivity contribution in [1.82, 2.24) is 14.9 Å². The number of aromatic nitrogens is 2. The van der Waals surface area contributed by atoms with Gasteiger partial charge in [-0.2, -0.15) is 0 Å². The topological polar surface area (TPSA) is 69.2 Å². The number of aliphatic hydroxyl groups excluding tert-OH is 1. The Morgan fingerprint density at radius 1 is 1.19 bits per heavy atom. The summed E-state index contributed by atoms with van der Waals surface area (Å²) in [6, 6.07) is 13.8. The van der Waals surface area contributed by atoms with E-state index in [4.69, 9.17) is 0 Å². The van der Waals surface area contributed by atoms with Crippen LogP contribution in [0, 0.1) is 5.92 Å². The summed E-state index contributed by atoms with van der Waals surface area (Å²) in [6.07, 6.45) is 6.08. The van der Waals surface area contributed by atoms with Crippen LogP contribution in [-0.4, -0.2) is 39.0 Å². The standard InChI is InChI=1S/C22H25N3O2/c26-21(9-8-17-15-24-19-6-2-1-5-18(17)19)25-13-10-16(11-14-25)22(27)20-7-3-4-12-23-20/h1-7,12,15-16,22,24,27H,8-11,13-14H2/t22-/m0/s1. The molecule has 0 radical (unpaired) electrons. The Labute approximate surface area is 159 Å². The first-order chi connectivity index (χ1) is 13.2. The van der Waals surface area contributed by atoms with E-state index in [1.165, 1.54) is 10.9 Å². The summed E-state index contributed by atoms with van der Waals surface area (Å²) in [5.74, 6) is 0.364. The second-order valence-corrected chi connectivity index (χ2v) is 7.28. The Hall–Kier alpha value is -2.66. The van der Waals surface area contributed by atoms with E-state index in [0.29, 0.717) is 19.5 Å². The molecule has 1 amide bonds. The van der Waals surface area contributed by atoms with Crippen LogP contribution in [0.5, 0.6) is 0 Å². The highest BCUT2D eigenvalue weighted by atomic mass is 16.3. The van der Waals surface area contributed by atoms with E-state index in [2.05, 4.69) is 22.1 Å². The van der Waals surface area contributed by atoms with Crippen molar-refractivity contribution in [3.63, 3.8) is 0 Å². The molecule has 3 heterocycles. The van der Waals surface area contributed by atoms with Crippen LogP contribution in [-0.2, 0) is 11.2 Å². The number of nitrogens with one attached hydrogen (secondary N) is 1. The first-order valence-electron chi connectivity index (χ1n) is 9.64. The highest BCUT2D eigenvalue weighted by Crippen LogP contribution is 2.30. The number of rotatable bonds is 5. The highest BCUT2D eigenvalue weighted by Gasteiger charge is 2.28. The minimum Gasteiger partial charge on any atom is -0.387 e. The maximum atomic E-state index is 12.6. The fourth-order valence-corrected chi connectivity index (χ4v) is 4.00. The molecule has 0 unspecified atom stereocenters. The van der Waals surface area contributed by atoms with E-state index in [-0.39, 0.29) is 11.8 Å². The predicted molar refractivity (Wildman–Crippen MR) is 105 cm³/mol. The SMILES string of the molecule is O=C(CCc1c[nH]c2ccccc12)N1CCC([C@H](O)c2ccccn2)CC1. The molecule has 3 aromatic rings. The number of benzene rings is 1. The van der Waals surface area contributed by atoms with Crippen LogP contribution in [0.15, 0.2) is 54.9 Å². The number of carbonyl (C=O) groups excluding carboxylic acids is 1. The number of pyridine rings is 1. The molecule has 1 atom stereocenters. The lowest BCUT2D eigenvalue weighted by molar-refractivity contribution is -0.133. The molecule has 5 nitrogen and oxygen atoms in total. The number of nitrogens with zero attached hydrogens (tertiary/aromatic N) is 2. The van der Waals surface area contributed by atoms with E-state index < -0.39 is 6.10 Å². The van der Waals surface area contributed by atoms with Crippen molar-refractivity contribution >= 4 is 16.8 Å². The zero-order valence-corrected chi connectivity index (χ0v) is 15.3. The summed E-state index contributed by atoms with van der Waals surface area (Å²) in [7, 11) is 0. The van der Waals surface area contributed by atoms with E-state index in [1.54, 1.807) is 6.20 Å². The smallest absolute Gasteiger partial charge is 0.222 e. The summed E-state index contributed by atoms with van der Waals surface area (Å²) < 4.78 is 0. The summed E-state index contributed by atoms with van der Waals surface area (Å²) in [6.45, 7) is 1.42. The van der Waals surface area contributed by atoms with E-state index in [9.17, 15) is 9.90 Å². The molecule has 1 saturated heterocycles. The first kappa shape index (κ1) is 17.7. The monoisotopic (exact) mass is 363 g/mol. The van der Waals surface area contributed by atoms with Gasteiger partial charge in [0.1, 0.15) is 0 Å². The van der Waals surface area contributed by atoms with Crippen molar-refractivity contribution in [2.75, 3.05) is 13.1 Å². The molecular weight excluding hydrogens is 338 g/mol. The third-order valence-corrected chi connectivity index (χ3v) is 5.61. The lowest BCUT2D eigenvalue weighted by Crippen LogP contribution is -2.40. The van der Waals surface area contributed by atoms with Crippen LogP contribution < -0.4 is 0 Å². The Kier molecular flexibility index (Phi) is 5.21. The van der Waals surface area contributed by atoms with Gasteiger partial charge in [0.05, 0.1) is 11.8 Å². The normalized spacial score (nSPS) is 16.6. The van der Waals surface area contributed by atoms with Gasteiger partial charge < -0.3 is 15.0 Å². The number of aliphatic hydroxyl groups is 1. The summed E-state index contributed by atoms with van der Waals surface area (Å²) >= 11 is 0. The first-order valence-corrected chi connectivity index (χ1v) is 9.64. The molecule has 1 fully saturated rings. The number of likely N-dealkylation sites (tertiary alicyclic amines) is 1. The van der Waals surface area contributed by atoms with E-state index in [0.717, 1.165) is 30.5 Å². The maximum Gasteiger partial charge on any atom is 0.222 e. The molecule has 2 aromatic heterocycles. The fourth-order valence-electron chi connectivity index (χ4n) is 4.00. The molecule has 1 aromatic carbocycles. The van der Waals surface area contributed by atoms with Crippen LogP contribution in [0.2, 0.25) is 0 Å². The van der Waals surface area contributed by atoms with Crippen LogP contribution in [0.1, 0.15) is 36.6 Å². The molecule has 2 N–H and O–H groups in total. The second kappa shape index (κ2) is 7.92. The number of hydrogen-bond acceptors (Lipinski definition) is 3. The minimum absolute atomic E-state index is 0.164. The number of aromatic amines is 1. The van der Waals surface area contributed by atoms with Crippen molar-refractivity contribution in [2.45, 2.75) is 31.8 Å². The zero-order chi connectivity index (χ0) is 18.6. The molecule has 4 rings (SSSR count). The van der Waals surface area contributed by atoms with Crippen LogP contribution in [0.3, 0.4) is 0 Å². The molecule has 0 aliphatic carbocycles. The number of H-pyrrole nitrogens is 1. The summed E-state index contributed by atoms with van der Waals surface area (Å²) in [4.78, 5) is 22.1. The second-order valence-electron chi connectivity index (χ2n) is 7.28. The third kappa shape index (κ3) is 3.88. The predicted octanol–water partition coefficient (Wildman–Crippen LogP) is 3.47. The minimum atomic E-state index is -0.547. The summed E-state index contributed by atoms with van der Waals surface area (Å²) in [5.41, 5.74) is 3.03. The van der Waals surface area contributed by atoms with Crippen LogP contribution in [0.25, 0.3) is 10.9 Å². The van der Waals surface area contributed by atoms with Crippen molar-refractivity contribution in [2.24, 2.45) is 5.92 Å². The lowest BCUT2D eigenvalue weighted by atomic mass is 9.89. The quantitative estimate of drug-likeness (QED) is 0.729. The van der Waals surface area contributed by atoms with Gasteiger partial charge in [0, 0.05) is 42.8 Å². The number of aryl methyl sites for hydroxylation is 1. The average Bonchev–Trinajstić information content (AvgIpc) is 3.15. The van der Waals surface area contributed by atoms with Gasteiger partial charge >= 0.3 is 0 Å². The van der Waals surface area contributed by atoms with Gasteiger partial charge in [0.2, 0.25) is 5.91 Å². The molecule has 0 saturated carbocycles. The number of para-hydroxylation sites is 1. The van der Waals surface area contributed by atoms with Crippen molar-refractivity contribution in [1.29, 1.82) is 0 Å². The van der Waals surface area contributed by atoms with Gasteiger partial charge in [0.15, 0.2) is 0 Å². The van der Waals surface area contributed by atoms with Gasteiger partial charge in [-0.05, 0) is 48.9 Å². The Balaban J connectivity index is 1.30. The molecule has 0 bridgehead atoms. The number of hydrogen-bond donors (Lipinski definition) is 2. The van der Waals surface area contributed by atoms with Crippen molar-refractivity contribution in [3.8, 4) is 0 Å².